The molecule has 0 aliphatic carbocycles. The van der Waals surface area contributed by atoms with Crippen LogP contribution in [0.25, 0.3) is 0 Å². The molecule has 2 aromatic carbocycles. The number of urea groups is 1. The number of benzene rings is 2. The highest BCUT2D eigenvalue weighted by Gasteiger charge is 2.49. The van der Waals surface area contributed by atoms with Gasteiger partial charge in [-0.25, -0.2) is 4.79 Å². The predicted octanol–water partition coefficient (Wildman–Crippen LogP) is 3.05. The maximum Gasteiger partial charge on any atom is 0.325 e. The number of hydrogen-bond acceptors (Lipinski definition) is 3. The molecule has 0 radical (unpaired) electrons. The zero-order valence-electron chi connectivity index (χ0n) is 14.4. The van der Waals surface area contributed by atoms with Gasteiger partial charge in [0, 0.05) is 10.7 Å². The van der Waals surface area contributed by atoms with Crippen molar-refractivity contribution >= 4 is 35.1 Å². The molecule has 2 N–H and O–H groups in total. The van der Waals surface area contributed by atoms with Crippen LogP contribution < -0.4 is 10.6 Å². The molecule has 0 bridgehead atoms. The van der Waals surface area contributed by atoms with E-state index in [1.165, 1.54) is 0 Å². The van der Waals surface area contributed by atoms with Crippen molar-refractivity contribution in [1.29, 1.82) is 0 Å². The van der Waals surface area contributed by atoms with Crippen LogP contribution in [0, 0.1) is 6.92 Å². The molecule has 1 saturated heterocycles. The fourth-order valence-electron chi connectivity index (χ4n) is 2.80. The Hall–Kier alpha value is -2.86. The summed E-state index contributed by atoms with van der Waals surface area (Å²) in [4.78, 5) is 38.2. The Morgan fingerprint density at radius 3 is 2.35 bits per heavy atom. The molecule has 3 rings (SSSR count). The summed E-state index contributed by atoms with van der Waals surface area (Å²) in [5.41, 5.74) is 1.04. The first kappa shape index (κ1) is 17.9. The van der Waals surface area contributed by atoms with Crippen LogP contribution in [-0.4, -0.2) is 29.3 Å². The summed E-state index contributed by atoms with van der Waals surface area (Å²) in [5.74, 6) is -0.929. The molecule has 4 amide bonds. The highest BCUT2D eigenvalue weighted by Crippen LogP contribution is 2.29. The Labute approximate surface area is 156 Å². The molecule has 1 heterocycles. The third kappa shape index (κ3) is 3.41. The van der Waals surface area contributed by atoms with Crippen LogP contribution in [0.3, 0.4) is 0 Å². The van der Waals surface area contributed by atoms with Crippen molar-refractivity contribution in [3.63, 3.8) is 0 Å². The van der Waals surface area contributed by atoms with E-state index in [9.17, 15) is 14.4 Å². The average molecular weight is 372 g/mol. The highest BCUT2D eigenvalue weighted by molar-refractivity contribution is 6.30. The fraction of sp³-hybridized carbons (Fsp3) is 0.211. The zero-order chi connectivity index (χ0) is 18.9. The number of nitrogens with one attached hydrogen (secondary N) is 2. The van der Waals surface area contributed by atoms with Gasteiger partial charge in [-0.05, 0) is 43.7 Å². The van der Waals surface area contributed by atoms with Crippen molar-refractivity contribution in [2.24, 2.45) is 0 Å². The zero-order valence-corrected chi connectivity index (χ0v) is 15.1. The largest absolute Gasteiger partial charge is 0.325 e. The highest BCUT2D eigenvalue weighted by atomic mass is 35.5. The molecule has 2 aromatic rings. The summed E-state index contributed by atoms with van der Waals surface area (Å²) in [5, 5.41) is 5.87. The van der Waals surface area contributed by atoms with Crippen LogP contribution in [0.15, 0.2) is 48.5 Å². The molecule has 1 aliphatic rings. The molecule has 0 spiro atoms. The van der Waals surface area contributed by atoms with E-state index < -0.39 is 23.4 Å². The van der Waals surface area contributed by atoms with Crippen LogP contribution in [0.2, 0.25) is 5.02 Å². The van der Waals surface area contributed by atoms with Crippen LogP contribution in [0.4, 0.5) is 10.5 Å². The average Bonchev–Trinajstić information content (AvgIpc) is 2.82. The van der Waals surface area contributed by atoms with Crippen molar-refractivity contribution in [2.45, 2.75) is 19.4 Å². The lowest BCUT2D eigenvalue weighted by Crippen LogP contribution is -2.42. The molecule has 26 heavy (non-hydrogen) atoms. The summed E-state index contributed by atoms with van der Waals surface area (Å²) in [6, 6.07) is 13.3. The number of rotatable bonds is 4. The van der Waals surface area contributed by atoms with E-state index in [1.807, 2.05) is 19.1 Å². The minimum Gasteiger partial charge on any atom is -0.325 e. The van der Waals surface area contributed by atoms with Gasteiger partial charge in [0.2, 0.25) is 5.91 Å². The second kappa shape index (κ2) is 6.80. The Bertz CT molecular complexity index is 865. The first-order valence-electron chi connectivity index (χ1n) is 8.06. The van der Waals surface area contributed by atoms with Gasteiger partial charge in [-0.15, -0.1) is 0 Å². The van der Waals surface area contributed by atoms with Crippen LogP contribution in [0.5, 0.6) is 0 Å². The lowest BCUT2D eigenvalue weighted by atomic mass is 9.92. The van der Waals surface area contributed by atoms with Crippen molar-refractivity contribution < 1.29 is 14.4 Å². The SMILES string of the molecule is Cc1ccc(NC(=O)CN2C(=O)N[C@@](C)(c3ccc(Cl)cc3)C2=O)cc1. The number of halogens is 1. The molecule has 0 saturated carbocycles. The molecule has 0 aromatic heterocycles. The minimum absolute atomic E-state index is 0.359. The van der Waals surface area contributed by atoms with Crippen molar-refractivity contribution in [3.8, 4) is 0 Å². The van der Waals surface area contributed by atoms with E-state index in [0.717, 1.165) is 10.5 Å². The van der Waals surface area contributed by atoms with Gasteiger partial charge in [0.25, 0.3) is 5.91 Å². The van der Waals surface area contributed by atoms with Crippen LogP contribution >= 0.6 is 11.6 Å². The van der Waals surface area contributed by atoms with Crippen LogP contribution in [-0.2, 0) is 15.1 Å². The lowest BCUT2D eigenvalue weighted by molar-refractivity contribution is -0.133. The van der Waals surface area contributed by atoms with Gasteiger partial charge in [0.15, 0.2) is 0 Å². The Balaban J connectivity index is 1.73. The predicted molar refractivity (Wildman–Crippen MR) is 98.9 cm³/mol. The van der Waals surface area contributed by atoms with Gasteiger partial charge in [0.1, 0.15) is 12.1 Å². The lowest BCUT2D eigenvalue weighted by Gasteiger charge is -2.22. The van der Waals surface area contributed by atoms with Crippen molar-refractivity contribution in [2.75, 3.05) is 11.9 Å². The maximum atomic E-state index is 12.8. The van der Waals surface area contributed by atoms with Crippen molar-refractivity contribution in [3.05, 3.63) is 64.7 Å². The molecule has 1 atom stereocenters. The maximum absolute atomic E-state index is 12.8. The second-order valence-electron chi connectivity index (χ2n) is 6.37. The number of aryl methyl sites for hydroxylation is 1. The van der Waals surface area contributed by atoms with Gasteiger partial charge in [-0.3, -0.25) is 14.5 Å². The Kier molecular flexibility index (Phi) is 4.70. The number of amides is 4. The third-order valence-corrected chi connectivity index (χ3v) is 4.59. The van der Waals surface area contributed by atoms with E-state index in [-0.39, 0.29) is 6.54 Å². The van der Waals surface area contributed by atoms with Crippen molar-refractivity contribution in [1.82, 2.24) is 10.2 Å². The van der Waals surface area contributed by atoms with E-state index in [1.54, 1.807) is 43.3 Å². The van der Waals surface area contributed by atoms with Gasteiger partial charge in [-0.2, -0.15) is 0 Å². The van der Waals surface area contributed by atoms with Crippen LogP contribution in [0.1, 0.15) is 18.1 Å². The molecular weight excluding hydrogens is 354 g/mol. The van der Waals surface area contributed by atoms with E-state index in [2.05, 4.69) is 10.6 Å². The molecular formula is C19H18ClN3O3. The van der Waals surface area contributed by atoms with E-state index in [4.69, 9.17) is 11.6 Å². The van der Waals surface area contributed by atoms with E-state index >= 15 is 0 Å². The number of anilines is 1. The normalized spacial score (nSPS) is 19.4. The minimum atomic E-state index is -1.23. The standard InChI is InChI=1S/C19H18ClN3O3/c1-12-3-9-15(10-4-12)21-16(24)11-23-17(25)19(2,22-18(23)26)13-5-7-14(20)8-6-13/h3-10H,11H2,1-2H3,(H,21,24)(H,22,26)/t19-/m0/s1. The third-order valence-electron chi connectivity index (χ3n) is 4.33. The fourth-order valence-corrected chi connectivity index (χ4v) is 2.93. The van der Waals surface area contributed by atoms with Gasteiger partial charge >= 0.3 is 6.03 Å². The second-order valence-corrected chi connectivity index (χ2v) is 6.80. The monoisotopic (exact) mass is 371 g/mol. The van der Waals surface area contributed by atoms with Gasteiger partial charge < -0.3 is 10.6 Å². The summed E-state index contributed by atoms with van der Waals surface area (Å²) < 4.78 is 0. The Morgan fingerprint density at radius 1 is 1.12 bits per heavy atom. The summed E-state index contributed by atoms with van der Waals surface area (Å²) in [7, 11) is 0. The molecule has 1 fully saturated rings. The topological polar surface area (TPSA) is 78.5 Å². The quantitative estimate of drug-likeness (QED) is 0.811. The molecule has 6 nitrogen and oxygen atoms in total. The molecule has 134 valence electrons. The van der Waals surface area contributed by atoms with Gasteiger partial charge in [0.05, 0.1) is 0 Å². The van der Waals surface area contributed by atoms with E-state index in [0.29, 0.717) is 16.3 Å². The number of imide groups is 1. The summed E-state index contributed by atoms with van der Waals surface area (Å²) in [6.07, 6.45) is 0. The first-order chi connectivity index (χ1) is 12.3. The molecule has 0 unspecified atom stereocenters. The summed E-state index contributed by atoms with van der Waals surface area (Å²) in [6.45, 7) is 3.19. The number of hydrogen-bond donors (Lipinski definition) is 2. The Morgan fingerprint density at radius 2 is 1.73 bits per heavy atom. The summed E-state index contributed by atoms with van der Waals surface area (Å²) >= 11 is 5.88. The number of carbonyl (C=O) groups excluding carboxylic acids is 3. The molecule has 1 aliphatic heterocycles. The number of nitrogens with zero attached hydrogens (tertiary/aromatic N) is 1. The molecule has 7 heteroatoms. The number of carbonyl (C=O) groups is 3. The smallest absolute Gasteiger partial charge is 0.325 e. The first-order valence-corrected chi connectivity index (χ1v) is 8.44. The van der Waals surface area contributed by atoms with Gasteiger partial charge in [-0.1, -0.05) is 41.4 Å².